The molecule has 0 aliphatic rings. The van der Waals surface area contributed by atoms with Gasteiger partial charge in [-0.1, -0.05) is 37.3 Å². The first kappa shape index (κ1) is 11.9. The van der Waals surface area contributed by atoms with Gasteiger partial charge in [0.15, 0.2) is 0 Å². The lowest BCUT2D eigenvalue weighted by Gasteiger charge is -2.09. The summed E-state index contributed by atoms with van der Waals surface area (Å²) in [6, 6.07) is 5.70. The molecule has 0 bridgehead atoms. The Kier molecular flexibility index (Phi) is 3.02. The Bertz CT molecular complexity index is 624. The number of carbonyl (C=O) groups is 1. The number of rotatable bonds is 3. The highest BCUT2D eigenvalue weighted by molar-refractivity contribution is 7.16. The SMILES string of the molecule is CC(C)c1cccc2sc(=O)n(CC(=O)O)c12. The predicted molar refractivity (Wildman–Crippen MR) is 67.8 cm³/mol. The first-order valence-electron chi connectivity index (χ1n) is 5.34. The second kappa shape index (κ2) is 4.33. The molecule has 0 saturated heterocycles. The Hall–Kier alpha value is -1.62. The number of carboxylic acid groups (broad SMARTS) is 1. The molecule has 0 aliphatic carbocycles. The standard InChI is InChI=1S/C12H13NO3S/c1-7(2)8-4-3-5-9-11(8)13(6-10(14)15)12(16)17-9/h3-5,7H,6H2,1-2H3,(H,14,15). The van der Waals surface area contributed by atoms with E-state index in [-0.39, 0.29) is 17.3 Å². The van der Waals surface area contributed by atoms with Crippen LogP contribution in [0.3, 0.4) is 0 Å². The lowest BCUT2D eigenvalue weighted by molar-refractivity contribution is -0.137. The lowest BCUT2D eigenvalue weighted by atomic mass is 10.0. The fraction of sp³-hybridized carbons (Fsp3) is 0.333. The number of nitrogens with zero attached hydrogens (tertiary/aromatic N) is 1. The number of hydrogen-bond acceptors (Lipinski definition) is 3. The Morgan fingerprint density at radius 1 is 1.47 bits per heavy atom. The topological polar surface area (TPSA) is 59.3 Å². The summed E-state index contributed by atoms with van der Waals surface area (Å²) in [6.07, 6.45) is 0. The van der Waals surface area contributed by atoms with Gasteiger partial charge in [0.05, 0.1) is 10.2 Å². The molecule has 0 spiro atoms. The van der Waals surface area contributed by atoms with Gasteiger partial charge in [-0.3, -0.25) is 14.2 Å². The molecule has 17 heavy (non-hydrogen) atoms. The van der Waals surface area contributed by atoms with E-state index in [0.717, 1.165) is 27.1 Å². The van der Waals surface area contributed by atoms with Crippen molar-refractivity contribution in [1.82, 2.24) is 4.57 Å². The Balaban J connectivity index is 2.77. The summed E-state index contributed by atoms with van der Waals surface area (Å²) < 4.78 is 2.19. The van der Waals surface area contributed by atoms with Crippen molar-refractivity contribution in [1.29, 1.82) is 0 Å². The third kappa shape index (κ3) is 2.10. The van der Waals surface area contributed by atoms with Gasteiger partial charge in [-0.25, -0.2) is 0 Å². The second-order valence-corrected chi connectivity index (χ2v) is 5.19. The molecular formula is C12H13NO3S. The molecule has 4 nitrogen and oxygen atoms in total. The van der Waals surface area contributed by atoms with E-state index in [0.29, 0.717) is 0 Å². The van der Waals surface area contributed by atoms with Crippen LogP contribution in [0.15, 0.2) is 23.0 Å². The minimum absolute atomic E-state index is 0.212. The van der Waals surface area contributed by atoms with Crippen LogP contribution in [0.4, 0.5) is 0 Å². The Morgan fingerprint density at radius 2 is 2.18 bits per heavy atom. The van der Waals surface area contributed by atoms with Crippen molar-refractivity contribution < 1.29 is 9.90 Å². The molecule has 90 valence electrons. The van der Waals surface area contributed by atoms with Crippen molar-refractivity contribution in [3.63, 3.8) is 0 Å². The molecule has 0 saturated carbocycles. The monoisotopic (exact) mass is 251 g/mol. The van der Waals surface area contributed by atoms with E-state index in [1.165, 1.54) is 4.57 Å². The zero-order valence-electron chi connectivity index (χ0n) is 9.64. The lowest BCUT2D eigenvalue weighted by Crippen LogP contribution is -2.19. The quantitative estimate of drug-likeness (QED) is 0.910. The number of fused-ring (bicyclic) bond motifs is 1. The molecule has 1 N–H and O–H groups in total. The van der Waals surface area contributed by atoms with Gasteiger partial charge in [-0.15, -0.1) is 0 Å². The predicted octanol–water partition coefficient (Wildman–Crippen LogP) is 2.27. The molecule has 2 aromatic rings. The van der Waals surface area contributed by atoms with E-state index < -0.39 is 5.97 Å². The fourth-order valence-electron chi connectivity index (χ4n) is 1.90. The zero-order valence-corrected chi connectivity index (χ0v) is 10.5. The molecule has 0 amide bonds. The molecule has 0 atom stereocenters. The van der Waals surface area contributed by atoms with Crippen LogP contribution in [0.25, 0.3) is 10.2 Å². The molecule has 0 unspecified atom stereocenters. The highest BCUT2D eigenvalue weighted by atomic mass is 32.1. The summed E-state index contributed by atoms with van der Waals surface area (Å²) in [5.74, 6) is -0.738. The van der Waals surface area contributed by atoms with Crippen LogP contribution in [0, 0.1) is 0 Å². The third-order valence-electron chi connectivity index (χ3n) is 2.63. The number of aromatic nitrogens is 1. The largest absolute Gasteiger partial charge is 0.480 e. The maximum atomic E-state index is 11.8. The van der Waals surface area contributed by atoms with E-state index in [1.807, 2.05) is 32.0 Å². The van der Waals surface area contributed by atoms with Crippen LogP contribution in [0.2, 0.25) is 0 Å². The Labute approximate surface area is 102 Å². The van der Waals surface area contributed by atoms with Gasteiger partial charge in [0, 0.05) is 0 Å². The van der Waals surface area contributed by atoms with Crippen molar-refractivity contribution >= 4 is 27.5 Å². The molecule has 0 aliphatic heterocycles. The summed E-state index contributed by atoms with van der Waals surface area (Å²) in [5, 5.41) is 8.84. The normalized spacial score (nSPS) is 11.2. The number of benzene rings is 1. The van der Waals surface area contributed by atoms with Gasteiger partial charge >= 0.3 is 10.8 Å². The van der Waals surface area contributed by atoms with Crippen LogP contribution >= 0.6 is 11.3 Å². The van der Waals surface area contributed by atoms with Gasteiger partial charge in [-0.2, -0.15) is 0 Å². The van der Waals surface area contributed by atoms with Crippen LogP contribution in [-0.4, -0.2) is 15.6 Å². The summed E-state index contributed by atoms with van der Waals surface area (Å²) in [4.78, 5) is 22.3. The first-order chi connectivity index (χ1) is 8.00. The van der Waals surface area contributed by atoms with Gasteiger partial charge < -0.3 is 5.11 Å². The minimum Gasteiger partial charge on any atom is -0.480 e. The average Bonchev–Trinajstić information content (AvgIpc) is 2.54. The number of carboxylic acids is 1. The van der Waals surface area contributed by atoms with E-state index in [2.05, 4.69) is 0 Å². The minimum atomic E-state index is -0.995. The number of hydrogen-bond donors (Lipinski definition) is 1. The van der Waals surface area contributed by atoms with Gasteiger partial charge in [0.2, 0.25) is 0 Å². The van der Waals surface area contributed by atoms with Crippen molar-refractivity contribution in [2.75, 3.05) is 0 Å². The summed E-state index contributed by atoms with van der Waals surface area (Å²) in [5.41, 5.74) is 1.78. The summed E-state index contributed by atoms with van der Waals surface area (Å²) >= 11 is 1.10. The molecule has 0 fully saturated rings. The van der Waals surface area contributed by atoms with Crippen molar-refractivity contribution in [2.24, 2.45) is 0 Å². The molecular weight excluding hydrogens is 238 g/mol. The van der Waals surface area contributed by atoms with Crippen LogP contribution in [-0.2, 0) is 11.3 Å². The van der Waals surface area contributed by atoms with E-state index in [1.54, 1.807) is 0 Å². The smallest absolute Gasteiger partial charge is 0.323 e. The summed E-state index contributed by atoms with van der Waals surface area (Å²) in [7, 11) is 0. The van der Waals surface area contributed by atoms with Crippen molar-refractivity contribution in [2.45, 2.75) is 26.3 Å². The van der Waals surface area contributed by atoms with Crippen LogP contribution in [0.1, 0.15) is 25.3 Å². The molecule has 0 radical (unpaired) electrons. The first-order valence-corrected chi connectivity index (χ1v) is 6.16. The molecule has 1 heterocycles. The van der Waals surface area contributed by atoms with Crippen molar-refractivity contribution in [3.05, 3.63) is 33.4 Å². The number of thiazole rings is 1. The van der Waals surface area contributed by atoms with Gasteiger partial charge in [-0.05, 0) is 17.5 Å². The van der Waals surface area contributed by atoms with Gasteiger partial charge in [0.25, 0.3) is 0 Å². The van der Waals surface area contributed by atoms with Crippen LogP contribution in [0.5, 0.6) is 0 Å². The Morgan fingerprint density at radius 3 is 2.76 bits per heavy atom. The molecule has 1 aromatic heterocycles. The molecule has 1 aromatic carbocycles. The zero-order chi connectivity index (χ0) is 12.6. The second-order valence-electron chi connectivity index (χ2n) is 4.20. The maximum absolute atomic E-state index is 11.8. The summed E-state index contributed by atoms with van der Waals surface area (Å²) in [6.45, 7) is 3.78. The maximum Gasteiger partial charge on any atom is 0.323 e. The van der Waals surface area contributed by atoms with E-state index in [9.17, 15) is 9.59 Å². The highest BCUT2D eigenvalue weighted by Gasteiger charge is 2.15. The van der Waals surface area contributed by atoms with E-state index in [4.69, 9.17) is 5.11 Å². The average molecular weight is 251 g/mol. The number of para-hydroxylation sites is 1. The fourth-order valence-corrected chi connectivity index (χ4v) is 2.82. The highest BCUT2D eigenvalue weighted by Crippen LogP contribution is 2.26. The number of aliphatic carboxylic acids is 1. The molecule has 5 heteroatoms. The molecule has 2 rings (SSSR count). The third-order valence-corrected chi connectivity index (χ3v) is 3.58. The van der Waals surface area contributed by atoms with Crippen LogP contribution < -0.4 is 4.87 Å². The van der Waals surface area contributed by atoms with E-state index >= 15 is 0 Å². The van der Waals surface area contributed by atoms with Gasteiger partial charge in [0.1, 0.15) is 6.54 Å². The van der Waals surface area contributed by atoms with Crippen molar-refractivity contribution in [3.8, 4) is 0 Å².